The van der Waals surface area contributed by atoms with Crippen molar-refractivity contribution in [3.05, 3.63) is 36.0 Å². The Hall–Kier alpha value is -1.97. The van der Waals surface area contributed by atoms with Crippen LogP contribution < -0.4 is 0 Å². The monoisotopic (exact) mass is 368 g/mol. The molecule has 0 aromatic carbocycles. The van der Waals surface area contributed by atoms with Crippen LogP contribution in [0, 0.1) is 28.6 Å². The molecule has 0 N–H and O–H groups in total. The Morgan fingerprint density at radius 1 is 1.07 bits per heavy atom. The van der Waals surface area contributed by atoms with Crippen LogP contribution in [0.2, 0.25) is 0 Å². The second-order valence-electron chi connectivity index (χ2n) is 9.24. The van der Waals surface area contributed by atoms with Crippen molar-refractivity contribution in [3.8, 4) is 0 Å². The van der Waals surface area contributed by atoms with E-state index in [4.69, 9.17) is 4.74 Å². The minimum atomic E-state index is -1.00. The Balaban J connectivity index is 1.76. The standard InChI is InChI=1S/C23H28O4/c1-14(24)23(27-15(2)25)12-9-20-18-6-5-16-13-17(26)7-10-21(16,3)19(18)8-11-22(20,23)4/h5-7,10,13,18-20H,8-9,11-12H2,1-4H3/t18-,19-,20-,21+,22+,23+/m1/s1. The first-order valence-corrected chi connectivity index (χ1v) is 9.98. The summed E-state index contributed by atoms with van der Waals surface area (Å²) in [6, 6.07) is 0. The topological polar surface area (TPSA) is 60.4 Å². The molecule has 0 spiro atoms. The van der Waals surface area contributed by atoms with Gasteiger partial charge in [0.2, 0.25) is 0 Å². The lowest BCUT2D eigenvalue weighted by atomic mass is 9.49. The quantitative estimate of drug-likeness (QED) is 0.692. The van der Waals surface area contributed by atoms with Crippen LogP contribution in [-0.4, -0.2) is 23.1 Å². The molecular formula is C23H28O4. The van der Waals surface area contributed by atoms with Gasteiger partial charge >= 0.3 is 5.97 Å². The smallest absolute Gasteiger partial charge is 0.303 e. The van der Waals surface area contributed by atoms with Gasteiger partial charge in [0.1, 0.15) is 0 Å². The largest absolute Gasteiger partial charge is 0.451 e. The molecule has 0 bridgehead atoms. The van der Waals surface area contributed by atoms with Gasteiger partial charge in [0.25, 0.3) is 0 Å². The third-order valence-corrected chi connectivity index (χ3v) is 8.12. The Bertz CT molecular complexity index is 818. The first-order valence-electron chi connectivity index (χ1n) is 9.98. The number of allylic oxidation sites excluding steroid dienone is 6. The predicted octanol–water partition coefficient (Wildman–Crippen LogP) is 3.96. The van der Waals surface area contributed by atoms with E-state index in [1.165, 1.54) is 6.92 Å². The first-order chi connectivity index (χ1) is 12.6. The van der Waals surface area contributed by atoms with E-state index < -0.39 is 5.60 Å². The molecule has 0 amide bonds. The Morgan fingerprint density at radius 3 is 2.44 bits per heavy atom. The molecule has 0 aromatic rings. The van der Waals surface area contributed by atoms with Crippen LogP contribution >= 0.6 is 0 Å². The number of rotatable bonds is 2. The number of Topliss-reactive ketones (excluding diaryl/α,β-unsaturated/α-hetero) is 1. The Kier molecular flexibility index (Phi) is 3.93. The Labute approximate surface area is 160 Å². The Morgan fingerprint density at radius 2 is 1.78 bits per heavy atom. The molecule has 4 aliphatic carbocycles. The number of hydrogen-bond acceptors (Lipinski definition) is 4. The minimum absolute atomic E-state index is 0.0316. The first kappa shape index (κ1) is 18.4. The molecule has 4 heteroatoms. The molecule has 4 aliphatic rings. The van der Waals surface area contributed by atoms with Crippen LogP contribution in [-0.2, 0) is 19.1 Å². The van der Waals surface area contributed by atoms with Gasteiger partial charge in [0.15, 0.2) is 17.2 Å². The molecule has 0 unspecified atom stereocenters. The van der Waals surface area contributed by atoms with Crippen molar-refractivity contribution in [2.45, 2.75) is 59.0 Å². The highest BCUT2D eigenvalue weighted by Gasteiger charge is 2.67. The fraction of sp³-hybridized carbons (Fsp3) is 0.609. The number of ketones is 2. The maximum absolute atomic E-state index is 12.7. The number of esters is 1. The molecule has 0 aromatic heterocycles. The van der Waals surface area contributed by atoms with Crippen molar-refractivity contribution >= 4 is 17.5 Å². The fourth-order valence-corrected chi connectivity index (χ4v) is 6.71. The van der Waals surface area contributed by atoms with Gasteiger partial charge < -0.3 is 4.74 Å². The second kappa shape index (κ2) is 5.76. The fourth-order valence-electron chi connectivity index (χ4n) is 6.71. The normalized spacial score (nSPS) is 44.8. The van der Waals surface area contributed by atoms with Crippen molar-refractivity contribution in [2.75, 3.05) is 0 Å². The van der Waals surface area contributed by atoms with Gasteiger partial charge in [0, 0.05) is 17.8 Å². The van der Waals surface area contributed by atoms with Gasteiger partial charge in [-0.1, -0.05) is 32.1 Å². The average molecular weight is 368 g/mol. The van der Waals surface area contributed by atoms with Crippen LogP contribution in [0.4, 0.5) is 0 Å². The number of hydrogen-bond donors (Lipinski definition) is 0. The molecule has 0 heterocycles. The average Bonchev–Trinajstić information content (AvgIpc) is 2.89. The number of ether oxygens (including phenoxy) is 1. The number of carbonyl (C=O) groups excluding carboxylic acids is 3. The lowest BCUT2D eigenvalue weighted by molar-refractivity contribution is -0.184. The zero-order valence-corrected chi connectivity index (χ0v) is 16.6. The molecule has 0 aliphatic heterocycles. The van der Waals surface area contributed by atoms with Crippen molar-refractivity contribution in [1.82, 2.24) is 0 Å². The molecule has 6 atom stereocenters. The minimum Gasteiger partial charge on any atom is -0.451 e. The van der Waals surface area contributed by atoms with Crippen molar-refractivity contribution in [1.29, 1.82) is 0 Å². The lowest BCUT2D eigenvalue weighted by Gasteiger charge is -2.56. The van der Waals surface area contributed by atoms with E-state index in [-0.39, 0.29) is 28.4 Å². The lowest BCUT2D eigenvalue weighted by Crippen LogP contribution is -2.57. The van der Waals surface area contributed by atoms with Crippen molar-refractivity contribution in [3.63, 3.8) is 0 Å². The van der Waals surface area contributed by atoms with E-state index in [1.54, 1.807) is 19.1 Å². The van der Waals surface area contributed by atoms with Gasteiger partial charge in [-0.2, -0.15) is 0 Å². The van der Waals surface area contributed by atoms with Gasteiger partial charge in [-0.3, -0.25) is 14.4 Å². The zero-order valence-electron chi connectivity index (χ0n) is 16.6. The molecule has 0 saturated heterocycles. The van der Waals surface area contributed by atoms with Crippen LogP contribution in [0.25, 0.3) is 0 Å². The van der Waals surface area contributed by atoms with Crippen LogP contribution in [0.1, 0.15) is 53.4 Å². The van der Waals surface area contributed by atoms with Gasteiger partial charge in [0.05, 0.1) is 0 Å². The third kappa shape index (κ3) is 2.31. The maximum Gasteiger partial charge on any atom is 0.303 e. The zero-order chi connectivity index (χ0) is 19.6. The second-order valence-corrected chi connectivity index (χ2v) is 9.24. The highest BCUT2D eigenvalue weighted by Crippen LogP contribution is 2.66. The van der Waals surface area contributed by atoms with Gasteiger partial charge in [-0.15, -0.1) is 0 Å². The maximum atomic E-state index is 12.7. The number of fused-ring (bicyclic) bond motifs is 5. The third-order valence-electron chi connectivity index (χ3n) is 8.12. The molecule has 2 saturated carbocycles. The summed E-state index contributed by atoms with van der Waals surface area (Å²) in [4.78, 5) is 36.4. The summed E-state index contributed by atoms with van der Waals surface area (Å²) in [6.07, 6.45) is 13.2. The van der Waals surface area contributed by atoms with Gasteiger partial charge in [-0.05, 0) is 68.1 Å². The SMILES string of the molecule is CC(=O)O[C@]1(C(C)=O)CC[C@@H]2[C@@H]3C=CC4=CC(=O)C=C[C@]4(C)[C@@H]3CC[C@@]21C. The predicted molar refractivity (Wildman–Crippen MR) is 102 cm³/mol. The molecule has 2 fully saturated rings. The molecule has 0 radical (unpaired) electrons. The van der Waals surface area contributed by atoms with Crippen LogP contribution in [0.15, 0.2) is 36.0 Å². The summed E-state index contributed by atoms with van der Waals surface area (Å²) in [7, 11) is 0. The van der Waals surface area contributed by atoms with Crippen LogP contribution in [0.5, 0.6) is 0 Å². The molecule has 4 nitrogen and oxygen atoms in total. The van der Waals surface area contributed by atoms with E-state index in [1.807, 2.05) is 0 Å². The summed E-state index contributed by atoms with van der Waals surface area (Å²) in [5, 5.41) is 0. The summed E-state index contributed by atoms with van der Waals surface area (Å²) in [5.41, 5.74) is -0.396. The van der Waals surface area contributed by atoms with E-state index >= 15 is 0 Å². The molecular weight excluding hydrogens is 340 g/mol. The van der Waals surface area contributed by atoms with E-state index in [0.29, 0.717) is 24.2 Å². The molecule has 144 valence electrons. The summed E-state index contributed by atoms with van der Waals surface area (Å²) in [6.45, 7) is 7.34. The van der Waals surface area contributed by atoms with Gasteiger partial charge in [-0.25, -0.2) is 0 Å². The van der Waals surface area contributed by atoms with Crippen molar-refractivity contribution in [2.24, 2.45) is 28.6 Å². The summed E-state index contributed by atoms with van der Waals surface area (Å²) < 4.78 is 5.78. The van der Waals surface area contributed by atoms with Crippen LogP contribution in [0.3, 0.4) is 0 Å². The summed E-state index contributed by atoms with van der Waals surface area (Å²) in [5.74, 6) is 0.657. The highest BCUT2D eigenvalue weighted by atomic mass is 16.6. The molecule has 4 rings (SSSR count). The highest BCUT2D eigenvalue weighted by molar-refractivity contribution is 6.01. The summed E-state index contributed by atoms with van der Waals surface area (Å²) >= 11 is 0. The molecule has 27 heavy (non-hydrogen) atoms. The van der Waals surface area contributed by atoms with E-state index in [9.17, 15) is 14.4 Å². The number of carbonyl (C=O) groups is 3. The van der Waals surface area contributed by atoms with E-state index in [2.05, 4.69) is 32.1 Å². The van der Waals surface area contributed by atoms with E-state index in [0.717, 1.165) is 24.8 Å². The van der Waals surface area contributed by atoms with Crippen molar-refractivity contribution < 1.29 is 19.1 Å².